The van der Waals surface area contributed by atoms with E-state index in [1.807, 2.05) is 25.7 Å². The van der Waals surface area contributed by atoms with Crippen molar-refractivity contribution in [3.8, 4) is 11.6 Å². The van der Waals surface area contributed by atoms with Gasteiger partial charge in [-0.05, 0) is 26.8 Å². The van der Waals surface area contributed by atoms with Gasteiger partial charge in [0, 0.05) is 5.56 Å². The first kappa shape index (κ1) is 18.6. The van der Waals surface area contributed by atoms with Gasteiger partial charge >= 0.3 is 0 Å². The van der Waals surface area contributed by atoms with Crippen LogP contribution in [0, 0.1) is 5.82 Å². The molecule has 0 radical (unpaired) electrons. The Labute approximate surface area is 171 Å². The summed E-state index contributed by atoms with van der Waals surface area (Å²) >= 11 is 0. The molecule has 0 fully saturated rings. The second-order valence-corrected chi connectivity index (χ2v) is 8.25. The third kappa shape index (κ3) is 2.99. The number of rotatable bonds is 0. The van der Waals surface area contributed by atoms with Crippen LogP contribution < -0.4 is 19.7 Å². The highest BCUT2D eigenvalue weighted by Crippen LogP contribution is 2.39. The summed E-state index contributed by atoms with van der Waals surface area (Å²) in [6.07, 6.45) is 4.32. The normalized spacial score (nSPS) is 20.3. The van der Waals surface area contributed by atoms with E-state index in [-0.39, 0.29) is 18.6 Å². The second kappa shape index (κ2) is 6.54. The summed E-state index contributed by atoms with van der Waals surface area (Å²) in [5.41, 5.74) is 0.915. The Morgan fingerprint density at radius 1 is 1.30 bits per heavy atom. The van der Waals surface area contributed by atoms with Gasteiger partial charge in [-0.1, -0.05) is 0 Å². The molecular weight excluding hydrogens is 391 g/mol. The highest BCUT2D eigenvalue weighted by Gasteiger charge is 2.37. The van der Waals surface area contributed by atoms with Crippen LogP contribution in [0.4, 0.5) is 10.2 Å². The van der Waals surface area contributed by atoms with Crippen molar-refractivity contribution in [3.05, 3.63) is 41.6 Å². The van der Waals surface area contributed by atoms with Crippen LogP contribution in [0.1, 0.15) is 36.7 Å². The van der Waals surface area contributed by atoms with Crippen molar-refractivity contribution in [2.24, 2.45) is 0 Å². The summed E-state index contributed by atoms with van der Waals surface area (Å²) in [6, 6.07) is 1.11. The van der Waals surface area contributed by atoms with Gasteiger partial charge in [0.05, 0.1) is 36.7 Å². The van der Waals surface area contributed by atoms with Gasteiger partial charge in [-0.15, -0.1) is 0 Å². The minimum absolute atomic E-state index is 0.185. The van der Waals surface area contributed by atoms with E-state index >= 15 is 0 Å². The first-order valence-electron chi connectivity index (χ1n) is 9.69. The number of ether oxygens (including phenoxy) is 2. The number of amides is 1. The number of nitrogens with one attached hydrogen (secondary N) is 1. The molecule has 0 aromatic carbocycles. The zero-order valence-corrected chi connectivity index (χ0v) is 16.8. The van der Waals surface area contributed by atoms with E-state index in [9.17, 15) is 9.18 Å². The summed E-state index contributed by atoms with van der Waals surface area (Å²) in [6.45, 7) is 6.74. The smallest absolute Gasteiger partial charge is 0.257 e. The predicted octanol–water partition coefficient (Wildman–Crippen LogP) is 1.95. The van der Waals surface area contributed by atoms with Gasteiger partial charge in [0.2, 0.25) is 5.88 Å². The van der Waals surface area contributed by atoms with Crippen LogP contribution in [-0.2, 0) is 6.54 Å². The van der Waals surface area contributed by atoms with Gasteiger partial charge < -0.3 is 19.7 Å². The second-order valence-electron chi connectivity index (χ2n) is 8.25. The lowest BCUT2D eigenvalue weighted by Gasteiger charge is -2.43. The first-order valence-corrected chi connectivity index (χ1v) is 9.69. The van der Waals surface area contributed by atoms with E-state index in [0.717, 1.165) is 6.20 Å². The maximum Gasteiger partial charge on any atom is 0.257 e. The number of fused-ring (bicyclic) bond motifs is 1. The number of anilines is 1. The summed E-state index contributed by atoms with van der Waals surface area (Å²) < 4.78 is 27.3. The molecular formula is C20H21FN6O3. The van der Waals surface area contributed by atoms with Crippen LogP contribution in [0.2, 0.25) is 0 Å². The first-order chi connectivity index (χ1) is 14.3. The fraction of sp³-hybridized carbons (Fsp3) is 0.400. The number of aromatic nitrogens is 4. The molecule has 30 heavy (non-hydrogen) atoms. The number of carbonyl (C=O) groups excluding carboxylic acids is 1. The molecule has 1 atom stereocenters. The molecule has 156 valence electrons. The van der Waals surface area contributed by atoms with Gasteiger partial charge in [-0.2, -0.15) is 5.10 Å². The monoisotopic (exact) mass is 412 g/mol. The molecule has 0 saturated carbocycles. The minimum Gasteiger partial charge on any atom is -0.486 e. The molecule has 0 spiro atoms. The van der Waals surface area contributed by atoms with Crippen molar-refractivity contribution in [2.75, 3.05) is 18.1 Å². The lowest BCUT2D eigenvalue weighted by atomic mass is 10.0. The van der Waals surface area contributed by atoms with E-state index in [0.29, 0.717) is 47.4 Å². The van der Waals surface area contributed by atoms with E-state index in [4.69, 9.17) is 14.5 Å². The Balaban J connectivity index is 1.73. The number of carbonyl (C=O) groups is 1. The Bertz CT molecular complexity index is 1160. The number of hydrogen-bond donors (Lipinski definition) is 1. The van der Waals surface area contributed by atoms with Crippen molar-refractivity contribution in [3.63, 3.8) is 0 Å². The van der Waals surface area contributed by atoms with E-state index < -0.39 is 11.4 Å². The van der Waals surface area contributed by atoms with Gasteiger partial charge in [-0.3, -0.25) is 4.79 Å². The van der Waals surface area contributed by atoms with Gasteiger partial charge in [0.15, 0.2) is 17.2 Å². The minimum atomic E-state index is -0.448. The third-order valence-electron chi connectivity index (χ3n) is 5.32. The van der Waals surface area contributed by atoms with Crippen molar-refractivity contribution in [1.29, 1.82) is 0 Å². The summed E-state index contributed by atoms with van der Waals surface area (Å²) in [5, 5.41) is 7.14. The highest BCUT2D eigenvalue weighted by atomic mass is 19.1. The van der Waals surface area contributed by atoms with Crippen LogP contribution in [0.5, 0.6) is 11.6 Å². The standard InChI is InChI=1S/C20H21FN6O3/c1-11-9-29-19-12(4-13(21)5-22-19)7-26-17-15(30-10-20(26,2)3)8-27-16(25-17)14(6-23-27)18(28)24-11/h4-6,8,11H,7,9-10H2,1-3H3,(H,24,28)/t11-/m1/s1. The number of halogens is 1. The van der Waals surface area contributed by atoms with Crippen molar-refractivity contribution >= 4 is 17.4 Å². The van der Waals surface area contributed by atoms with Crippen LogP contribution in [0.25, 0.3) is 5.65 Å². The molecule has 10 heteroatoms. The molecule has 0 aliphatic carbocycles. The number of nitrogens with zero attached hydrogens (tertiary/aromatic N) is 5. The molecule has 5 heterocycles. The van der Waals surface area contributed by atoms with Gasteiger partial charge in [0.1, 0.15) is 24.6 Å². The molecule has 0 unspecified atom stereocenters. The SMILES string of the molecule is C[C@@H]1COc2ncc(F)cc2CN2c3nc4c(cnn4cc3OCC2(C)C)C(=O)N1. The Kier molecular flexibility index (Phi) is 4.05. The summed E-state index contributed by atoms with van der Waals surface area (Å²) in [7, 11) is 0. The van der Waals surface area contributed by atoms with Crippen LogP contribution in [-0.4, -0.2) is 50.3 Å². The molecule has 1 amide bonds. The lowest BCUT2D eigenvalue weighted by Crippen LogP contribution is -2.51. The van der Waals surface area contributed by atoms with Crippen molar-refractivity contribution in [2.45, 2.75) is 38.9 Å². The van der Waals surface area contributed by atoms with E-state index in [1.165, 1.54) is 16.8 Å². The molecule has 2 bridgehead atoms. The van der Waals surface area contributed by atoms with Crippen LogP contribution in [0.3, 0.4) is 0 Å². The average Bonchev–Trinajstić information content (AvgIpc) is 3.10. The van der Waals surface area contributed by atoms with Crippen LogP contribution >= 0.6 is 0 Å². The molecule has 5 rings (SSSR count). The third-order valence-corrected chi connectivity index (χ3v) is 5.32. The molecule has 2 aliphatic heterocycles. The molecule has 2 aliphatic rings. The Morgan fingerprint density at radius 2 is 2.13 bits per heavy atom. The molecule has 1 N–H and O–H groups in total. The highest BCUT2D eigenvalue weighted by molar-refractivity contribution is 6.00. The molecule has 0 saturated heterocycles. The zero-order chi connectivity index (χ0) is 21.0. The topological polar surface area (TPSA) is 93.9 Å². The maximum atomic E-state index is 14.0. The Morgan fingerprint density at radius 3 is 2.97 bits per heavy atom. The predicted molar refractivity (Wildman–Crippen MR) is 105 cm³/mol. The fourth-order valence-corrected chi connectivity index (χ4v) is 3.68. The average molecular weight is 412 g/mol. The summed E-state index contributed by atoms with van der Waals surface area (Å²) in [5.74, 6) is 0.658. The quantitative estimate of drug-likeness (QED) is 0.603. The van der Waals surface area contributed by atoms with Crippen molar-refractivity contribution < 1.29 is 18.7 Å². The van der Waals surface area contributed by atoms with Crippen molar-refractivity contribution in [1.82, 2.24) is 24.9 Å². The van der Waals surface area contributed by atoms with E-state index in [2.05, 4.69) is 15.4 Å². The van der Waals surface area contributed by atoms with Gasteiger partial charge in [0.25, 0.3) is 5.91 Å². The van der Waals surface area contributed by atoms with Crippen LogP contribution in [0.15, 0.2) is 24.7 Å². The Hall–Kier alpha value is -3.43. The largest absolute Gasteiger partial charge is 0.486 e. The number of hydrogen-bond acceptors (Lipinski definition) is 7. The fourth-order valence-electron chi connectivity index (χ4n) is 3.68. The summed E-state index contributed by atoms with van der Waals surface area (Å²) in [4.78, 5) is 23.7. The lowest BCUT2D eigenvalue weighted by molar-refractivity contribution is 0.0927. The maximum absolute atomic E-state index is 14.0. The molecule has 3 aromatic heterocycles. The zero-order valence-electron chi connectivity index (χ0n) is 16.8. The molecule has 3 aromatic rings. The number of pyridine rings is 1. The van der Waals surface area contributed by atoms with Gasteiger partial charge in [-0.25, -0.2) is 18.9 Å². The van der Waals surface area contributed by atoms with E-state index in [1.54, 1.807) is 6.20 Å². The molecule has 9 nitrogen and oxygen atoms in total.